The highest BCUT2D eigenvalue weighted by atomic mass is 32.1. The second kappa shape index (κ2) is 9.72. The first-order chi connectivity index (χ1) is 12.5. The highest BCUT2D eigenvalue weighted by molar-refractivity contribution is 7.14. The van der Waals surface area contributed by atoms with Gasteiger partial charge >= 0.3 is 5.97 Å². The molecule has 0 aliphatic rings. The summed E-state index contributed by atoms with van der Waals surface area (Å²) < 4.78 is 10.4. The summed E-state index contributed by atoms with van der Waals surface area (Å²) in [5.41, 5.74) is 0.918. The van der Waals surface area contributed by atoms with Gasteiger partial charge in [0.2, 0.25) is 11.7 Å². The van der Waals surface area contributed by atoms with E-state index in [1.165, 1.54) is 18.3 Å². The topological polar surface area (TPSA) is 81.7 Å². The Morgan fingerprint density at radius 1 is 1.08 bits per heavy atom. The van der Waals surface area contributed by atoms with Crippen LogP contribution in [0.25, 0.3) is 0 Å². The second-order valence-electron chi connectivity index (χ2n) is 5.64. The van der Waals surface area contributed by atoms with Gasteiger partial charge in [-0.3, -0.25) is 9.59 Å². The summed E-state index contributed by atoms with van der Waals surface area (Å²) in [5, 5.41) is 2.70. The van der Waals surface area contributed by atoms with Crippen LogP contribution < -0.4 is 10.1 Å². The number of para-hydroxylation sites is 1. The zero-order valence-electron chi connectivity index (χ0n) is 14.7. The summed E-state index contributed by atoms with van der Waals surface area (Å²) in [5.74, 6) is -0.329. The Bertz CT molecular complexity index is 784. The summed E-state index contributed by atoms with van der Waals surface area (Å²) in [6, 6.07) is 10.9. The lowest BCUT2D eigenvalue weighted by Gasteiger charge is -2.08. The standard InChI is InChI=1S/C19H21NO5S/c1-13-5-3-4-6-17(13)24-12-19(23)25-11-16(22)18-8-7-15(26-18)9-10-20-14(2)21/h3-8H,9-12H2,1-2H3,(H,20,21). The lowest BCUT2D eigenvalue weighted by molar-refractivity contribution is -0.144. The number of Topliss-reactive ketones (excluding diaryl/α,β-unsaturated/α-hetero) is 1. The van der Waals surface area contributed by atoms with Gasteiger partial charge in [0.25, 0.3) is 0 Å². The molecule has 26 heavy (non-hydrogen) atoms. The maximum absolute atomic E-state index is 12.1. The summed E-state index contributed by atoms with van der Waals surface area (Å²) in [6.07, 6.45) is 0.654. The van der Waals surface area contributed by atoms with Gasteiger partial charge in [0.1, 0.15) is 5.75 Å². The molecule has 138 valence electrons. The van der Waals surface area contributed by atoms with Crippen LogP contribution >= 0.6 is 11.3 Å². The van der Waals surface area contributed by atoms with Crippen LogP contribution in [0.3, 0.4) is 0 Å². The summed E-state index contributed by atoms with van der Waals surface area (Å²) in [7, 11) is 0. The highest BCUT2D eigenvalue weighted by Gasteiger charge is 2.13. The van der Waals surface area contributed by atoms with E-state index in [0.717, 1.165) is 10.4 Å². The van der Waals surface area contributed by atoms with Crippen molar-refractivity contribution in [2.45, 2.75) is 20.3 Å². The number of amides is 1. The van der Waals surface area contributed by atoms with Crippen molar-refractivity contribution in [2.24, 2.45) is 0 Å². The van der Waals surface area contributed by atoms with Gasteiger partial charge in [-0.05, 0) is 37.1 Å². The van der Waals surface area contributed by atoms with Gasteiger partial charge in [0, 0.05) is 18.3 Å². The van der Waals surface area contributed by atoms with Crippen LogP contribution in [0.5, 0.6) is 5.75 Å². The molecule has 1 heterocycles. The van der Waals surface area contributed by atoms with Gasteiger partial charge in [-0.25, -0.2) is 4.79 Å². The number of carbonyl (C=O) groups is 3. The van der Waals surface area contributed by atoms with Crippen molar-refractivity contribution in [2.75, 3.05) is 19.8 Å². The third kappa shape index (κ3) is 6.33. The van der Waals surface area contributed by atoms with E-state index in [0.29, 0.717) is 23.6 Å². The molecule has 0 radical (unpaired) electrons. The lowest BCUT2D eigenvalue weighted by Crippen LogP contribution is -2.22. The summed E-state index contributed by atoms with van der Waals surface area (Å²) in [6.45, 7) is 3.30. The third-order valence-corrected chi connectivity index (χ3v) is 4.67. The van der Waals surface area contributed by atoms with Gasteiger partial charge in [-0.1, -0.05) is 18.2 Å². The number of benzene rings is 1. The van der Waals surface area contributed by atoms with Crippen molar-refractivity contribution in [1.29, 1.82) is 0 Å². The molecule has 6 nitrogen and oxygen atoms in total. The molecule has 1 N–H and O–H groups in total. The van der Waals surface area contributed by atoms with Gasteiger partial charge in [0.05, 0.1) is 4.88 Å². The number of rotatable bonds is 9. The van der Waals surface area contributed by atoms with E-state index >= 15 is 0 Å². The molecule has 2 rings (SSSR count). The maximum Gasteiger partial charge on any atom is 0.344 e. The molecule has 1 aromatic carbocycles. The SMILES string of the molecule is CC(=O)NCCc1ccc(C(=O)COC(=O)COc2ccccc2C)s1. The molecule has 7 heteroatoms. The van der Waals surface area contributed by atoms with Crippen LogP contribution in [0, 0.1) is 6.92 Å². The van der Waals surface area contributed by atoms with Gasteiger partial charge in [0.15, 0.2) is 13.2 Å². The molecule has 0 saturated heterocycles. The molecule has 0 spiro atoms. The molecule has 1 aromatic heterocycles. The number of hydrogen-bond acceptors (Lipinski definition) is 6. The number of aryl methyl sites for hydroxylation is 1. The van der Waals surface area contributed by atoms with Crippen LogP contribution in [0.4, 0.5) is 0 Å². The molecule has 0 fully saturated rings. The normalized spacial score (nSPS) is 10.2. The first-order valence-electron chi connectivity index (χ1n) is 8.16. The van der Waals surface area contributed by atoms with Gasteiger partial charge < -0.3 is 14.8 Å². The van der Waals surface area contributed by atoms with Crippen molar-refractivity contribution in [3.05, 3.63) is 51.7 Å². The van der Waals surface area contributed by atoms with Crippen molar-refractivity contribution >= 4 is 29.0 Å². The molecular formula is C19H21NO5S. The predicted octanol–water partition coefficient (Wildman–Crippen LogP) is 2.54. The number of ketones is 1. The molecule has 0 saturated carbocycles. The quantitative estimate of drug-likeness (QED) is 0.538. The van der Waals surface area contributed by atoms with Crippen molar-refractivity contribution in [3.63, 3.8) is 0 Å². The Kier molecular flexibility index (Phi) is 7.35. The summed E-state index contributed by atoms with van der Waals surface area (Å²) in [4.78, 5) is 36.2. The van der Waals surface area contributed by atoms with E-state index < -0.39 is 5.97 Å². The van der Waals surface area contributed by atoms with Crippen LogP contribution in [-0.2, 0) is 20.7 Å². The Hall–Kier alpha value is -2.67. The number of esters is 1. The summed E-state index contributed by atoms with van der Waals surface area (Å²) >= 11 is 1.33. The first-order valence-corrected chi connectivity index (χ1v) is 8.97. The van der Waals surface area contributed by atoms with Crippen LogP contribution in [0.2, 0.25) is 0 Å². The molecule has 0 aliphatic heterocycles. The van der Waals surface area contributed by atoms with Crippen molar-refractivity contribution in [1.82, 2.24) is 5.32 Å². The largest absolute Gasteiger partial charge is 0.482 e. The second-order valence-corrected chi connectivity index (χ2v) is 6.81. The lowest BCUT2D eigenvalue weighted by atomic mass is 10.2. The molecule has 0 bridgehead atoms. The Morgan fingerprint density at radius 3 is 2.58 bits per heavy atom. The Labute approximate surface area is 156 Å². The molecule has 0 unspecified atom stereocenters. The van der Waals surface area contributed by atoms with Crippen molar-refractivity contribution in [3.8, 4) is 5.75 Å². The van der Waals surface area contributed by atoms with Crippen LogP contribution in [0.1, 0.15) is 27.0 Å². The van der Waals surface area contributed by atoms with E-state index in [2.05, 4.69) is 5.32 Å². The smallest absolute Gasteiger partial charge is 0.344 e. The monoisotopic (exact) mass is 375 g/mol. The fraction of sp³-hybridized carbons (Fsp3) is 0.316. The van der Waals surface area contributed by atoms with Gasteiger partial charge in [-0.15, -0.1) is 11.3 Å². The van der Waals surface area contributed by atoms with Crippen molar-refractivity contribution < 1.29 is 23.9 Å². The predicted molar refractivity (Wildman–Crippen MR) is 98.7 cm³/mol. The minimum Gasteiger partial charge on any atom is -0.482 e. The van der Waals surface area contributed by atoms with E-state index in [9.17, 15) is 14.4 Å². The first kappa shape index (κ1) is 19.7. The molecule has 0 aliphatic carbocycles. The number of thiophene rings is 1. The van der Waals surface area contributed by atoms with Gasteiger partial charge in [-0.2, -0.15) is 0 Å². The fourth-order valence-corrected chi connectivity index (χ4v) is 3.07. The minimum absolute atomic E-state index is 0.0855. The van der Waals surface area contributed by atoms with E-state index in [4.69, 9.17) is 9.47 Å². The fourth-order valence-electron chi connectivity index (χ4n) is 2.14. The molecule has 2 aromatic rings. The number of hydrogen-bond donors (Lipinski definition) is 1. The number of nitrogens with one attached hydrogen (secondary N) is 1. The molecule has 0 atom stereocenters. The third-order valence-electron chi connectivity index (χ3n) is 3.49. The zero-order chi connectivity index (χ0) is 18.9. The Morgan fingerprint density at radius 2 is 1.85 bits per heavy atom. The van der Waals surface area contributed by atoms with E-state index in [-0.39, 0.29) is 24.9 Å². The van der Waals surface area contributed by atoms with E-state index in [1.807, 2.05) is 31.2 Å². The maximum atomic E-state index is 12.1. The molecular weight excluding hydrogens is 354 g/mol. The molecule has 1 amide bonds. The van der Waals surface area contributed by atoms with Crippen LogP contribution in [0.15, 0.2) is 36.4 Å². The highest BCUT2D eigenvalue weighted by Crippen LogP contribution is 2.18. The van der Waals surface area contributed by atoms with Crippen LogP contribution in [-0.4, -0.2) is 37.4 Å². The Balaban J connectivity index is 1.74. The zero-order valence-corrected chi connectivity index (χ0v) is 15.6. The minimum atomic E-state index is -0.593. The number of carbonyl (C=O) groups excluding carboxylic acids is 3. The van der Waals surface area contributed by atoms with E-state index in [1.54, 1.807) is 12.1 Å². The average molecular weight is 375 g/mol. The average Bonchev–Trinajstić information content (AvgIpc) is 3.07. The number of ether oxygens (including phenoxy) is 2.